The molecule has 0 amide bonds. The predicted octanol–water partition coefficient (Wildman–Crippen LogP) is 5.32. The van der Waals surface area contributed by atoms with Crippen LogP contribution in [-0.4, -0.2) is 4.98 Å². The number of nitrogens with one attached hydrogen (secondary N) is 1. The average molecular weight is 288 g/mol. The number of rotatable bonds is 1. The summed E-state index contributed by atoms with van der Waals surface area (Å²) in [4.78, 5) is 3.35. The van der Waals surface area contributed by atoms with E-state index in [4.69, 9.17) is 28.2 Å². The van der Waals surface area contributed by atoms with Gasteiger partial charge in [-0.25, -0.2) is 0 Å². The minimum absolute atomic E-state index is 0.411. The zero-order valence-electron chi connectivity index (χ0n) is 9.89. The van der Waals surface area contributed by atoms with Crippen LogP contribution < -0.4 is 0 Å². The van der Waals surface area contributed by atoms with Gasteiger partial charge < -0.3 is 9.40 Å². The lowest BCUT2D eigenvalue weighted by molar-refractivity contribution is 0.541. The van der Waals surface area contributed by atoms with E-state index in [1.165, 1.54) is 11.1 Å². The largest absolute Gasteiger partial charge is 0.437 e. The molecule has 2 nitrogen and oxygen atoms in total. The van der Waals surface area contributed by atoms with Gasteiger partial charge in [0.15, 0.2) is 0 Å². The molecule has 0 fully saturated rings. The number of halogens is 1. The van der Waals surface area contributed by atoms with Gasteiger partial charge in [0, 0.05) is 10.6 Å². The zero-order chi connectivity index (χ0) is 13.2. The van der Waals surface area contributed by atoms with Crippen LogP contribution in [0.15, 0.2) is 59.2 Å². The van der Waals surface area contributed by atoms with Crippen molar-refractivity contribution in [1.82, 2.24) is 4.98 Å². The molecule has 2 aromatic rings. The van der Waals surface area contributed by atoms with Gasteiger partial charge in [0.05, 0.1) is 5.69 Å². The molecular formula is C15H10ClNOS. The van der Waals surface area contributed by atoms with Gasteiger partial charge in [-0.2, -0.15) is 0 Å². The monoisotopic (exact) mass is 287 g/mol. The summed E-state index contributed by atoms with van der Waals surface area (Å²) in [5.41, 5.74) is 4.62. The molecular weight excluding hydrogens is 278 g/mol. The highest BCUT2D eigenvalue weighted by Gasteiger charge is 2.11. The van der Waals surface area contributed by atoms with Crippen LogP contribution in [0.1, 0.15) is 0 Å². The Morgan fingerprint density at radius 2 is 1.63 bits per heavy atom. The average Bonchev–Trinajstić information content (AvgIpc) is 2.85. The topological polar surface area (TPSA) is 28.9 Å². The maximum Gasteiger partial charge on any atom is 0.266 e. The van der Waals surface area contributed by atoms with Crippen LogP contribution in [0, 0.1) is 4.84 Å². The molecule has 0 spiro atoms. The number of oxazole rings is 1. The first-order valence-electron chi connectivity index (χ1n) is 5.76. The van der Waals surface area contributed by atoms with E-state index in [-0.39, 0.29) is 0 Å². The number of aromatic nitrogens is 1. The maximum absolute atomic E-state index is 5.58. The third kappa shape index (κ3) is 2.95. The van der Waals surface area contributed by atoms with Gasteiger partial charge in [0.2, 0.25) is 0 Å². The molecule has 19 heavy (non-hydrogen) atoms. The van der Waals surface area contributed by atoms with Gasteiger partial charge >= 0.3 is 0 Å². The standard InChI is InChI=1S/C9H7NOS.C6H3Cl/c12-9-10-8(6-11-9)7-4-2-1-3-5-7;7-6-2-4-1-5(4)3-6/h1-6H,(H,10,12);1-3H. The van der Waals surface area contributed by atoms with E-state index in [0.717, 1.165) is 16.3 Å². The summed E-state index contributed by atoms with van der Waals surface area (Å²) >= 11 is 10.4. The Kier molecular flexibility index (Phi) is 3.23. The van der Waals surface area contributed by atoms with Crippen molar-refractivity contribution in [1.29, 1.82) is 0 Å². The molecule has 2 aliphatic carbocycles. The molecule has 0 bridgehead atoms. The third-order valence-corrected chi connectivity index (χ3v) is 3.17. The molecule has 4 rings (SSSR count). The molecule has 1 heterocycles. The number of aromatic amines is 1. The van der Waals surface area contributed by atoms with Crippen LogP contribution in [-0.2, 0) is 0 Å². The quantitative estimate of drug-likeness (QED) is 0.480. The van der Waals surface area contributed by atoms with Gasteiger partial charge in [-0.3, -0.25) is 0 Å². The number of hydrogen-bond acceptors (Lipinski definition) is 2. The fourth-order valence-electron chi connectivity index (χ4n) is 1.76. The van der Waals surface area contributed by atoms with E-state index < -0.39 is 0 Å². The first-order chi connectivity index (χ1) is 9.22. The van der Waals surface area contributed by atoms with E-state index in [2.05, 4.69) is 11.1 Å². The van der Waals surface area contributed by atoms with E-state index in [9.17, 15) is 0 Å². The van der Waals surface area contributed by atoms with Gasteiger partial charge in [0.1, 0.15) is 6.26 Å². The molecule has 0 saturated heterocycles. The number of benzene rings is 2. The lowest BCUT2D eigenvalue weighted by Crippen LogP contribution is -1.74. The van der Waals surface area contributed by atoms with Crippen LogP contribution in [0.3, 0.4) is 0 Å². The van der Waals surface area contributed by atoms with Crippen LogP contribution in [0.25, 0.3) is 22.4 Å². The lowest BCUT2D eigenvalue weighted by atomic mass is 10.2. The minimum atomic E-state index is 0.411. The Morgan fingerprint density at radius 1 is 0.947 bits per heavy atom. The van der Waals surface area contributed by atoms with Gasteiger partial charge in [-0.1, -0.05) is 41.9 Å². The first kappa shape index (κ1) is 12.2. The summed E-state index contributed by atoms with van der Waals surface area (Å²) in [6.45, 7) is 0. The Hall–Kier alpha value is -1.84. The van der Waals surface area contributed by atoms with Gasteiger partial charge in [-0.05, 0) is 41.5 Å². The molecule has 0 saturated carbocycles. The highest BCUT2D eigenvalue weighted by Crippen LogP contribution is 2.37. The summed E-state index contributed by atoms with van der Waals surface area (Å²) in [6, 6.07) is 15.9. The SMILES string of the molecule is Clc1cc2cc-2c1.S=c1[nH]c(-c2ccccc2)co1. The molecule has 0 radical (unpaired) electrons. The zero-order valence-corrected chi connectivity index (χ0v) is 11.5. The van der Waals surface area contributed by atoms with Crippen LogP contribution >= 0.6 is 23.8 Å². The van der Waals surface area contributed by atoms with Crippen molar-refractivity contribution in [3.63, 3.8) is 0 Å². The van der Waals surface area contributed by atoms with E-state index >= 15 is 0 Å². The van der Waals surface area contributed by atoms with Crippen molar-refractivity contribution in [3.8, 4) is 22.4 Å². The Morgan fingerprint density at radius 3 is 2.11 bits per heavy atom. The maximum atomic E-state index is 5.58. The molecule has 1 aromatic carbocycles. The van der Waals surface area contributed by atoms with Crippen molar-refractivity contribution in [2.45, 2.75) is 0 Å². The summed E-state index contributed by atoms with van der Waals surface area (Å²) < 4.78 is 4.98. The number of H-pyrrole nitrogens is 1. The smallest absolute Gasteiger partial charge is 0.266 e. The summed E-state index contributed by atoms with van der Waals surface area (Å²) in [7, 11) is 0. The molecule has 4 heteroatoms. The molecule has 0 atom stereocenters. The van der Waals surface area contributed by atoms with Crippen LogP contribution in [0.5, 0.6) is 0 Å². The summed E-state index contributed by atoms with van der Waals surface area (Å²) in [6.07, 6.45) is 1.62. The Bertz CT molecular complexity index is 741. The lowest BCUT2D eigenvalue weighted by Gasteiger charge is -1.92. The van der Waals surface area contributed by atoms with E-state index in [1.807, 2.05) is 42.5 Å². The van der Waals surface area contributed by atoms with Crippen molar-refractivity contribution in [2.75, 3.05) is 0 Å². The fourth-order valence-corrected chi connectivity index (χ4v) is 2.15. The molecule has 1 aromatic heterocycles. The minimum Gasteiger partial charge on any atom is -0.437 e. The Labute approximate surface area is 120 Å². The molecule has 0 unspecified atom stereocenters. The molecule has 0 aliphatic heterocycles. The third-order valence-electron chi connectivity index (χ3n) is 2.75. The summed E-state index contributed by atoms with van der Waals surface area (Å²) in [5.74, 6) is 0. The van der Waals surface area contributed by atoms with E-state index in [1.54, 1.807) is 6.26 Å². The second-order valence-electron chi connectivity index (χ2n) is 4.16. The molecule has 1 N–H and O–H groups in total. The highest BCUT2D eigenvalue weighted by atomic mass is 35.5. The van der Waals surface area contributed by atoms with Crippen molar-refractivity contribution < 1.29 is 4.42 Å². The summed E-state index contributed by atoms with van der Waals surface area (Å²) in [5, 5.41) is 0.868. The second kappa shape index (κ2) is 5.03. The highest BCUT2D eigenvalue weighted by molar-refractivity contribution is 7.71. The van der Waals surface area contributed by atoms with Crippen molar-refractivity contribution >= 4 is 23.8 Å². The van der Waals surface area contributed by atoms with Crippen LogP contribution in [0.4, 0.5) is 0 Å². The van der Waals surface area contributed by atoms with Gasteiger partial charge in [0.25, 0.3) is 4.84 Å². The van der Waals surface area contributed by atoms with Crippen LogP contribution in [0.2, 0.25) is 5.02 Å². The normalized spacial score (nSPS) is 10.6. The van der Waals surface area contributed by atoms with E-state index in [0.29, 0.717) is 4.84 Å². The first-order valence-corrected chi connectivity index (χ1v) is 6.55. The number of hydrogen-bond donors (Lipinski definition) is 1. The second-order valence-corrected chi connectivity index (χ2v) is 4.96. The Balaban J connectivity index is 0.000000132. The van der Waals surface area contributed by atoms with Crippen molar-refractivity contribution in [2.24, 2.45) is 0 Å². The predicted molar refractivity (Wildman–Crippen MR) is 79.8 cm³/mol. The molecule has 2 aliphatic rings. The van der Waals surface area contributed by atoms with Crippen molar-refractivity contribution in [3.05, 3.63) is 64.7 Å². The number of fused-ring (bicyclic) bond motifs is 1. The molecule has 94 valence electrons. The fraction of sp³-hybridized carbons (Fsp3) is 0. The van der Waals surface area contributed by atoms with Gasteiger partial charge in [-0.15, -0.1) is 0 Å².